The monoisotopic (exact) mass is 367 g/mol. The second-order valence-electron chi connectivity index (χ2n) is 6.65. The number of para-hydroxylation sites is 1. The average Bonchev–Trinajstić information content (AvgIpc) is 3.18. The second-order valence-corrected chi connectivity index (χ2v) is 6.65. The smallest absolute Gasteiger partial charge is 0.251 e. The molecule has 0 aliphatic rings. The van der Waals surface area contributed by atoms with Crippen molar-refractivity contribution in [3.8, 4) is 16.9 Å². The van der Waals surface area contributed by atoms with Crippen molar-refractivity contribution in [3.05, 3.63) is 108 Å². The van der Waals surface area contributed by atoms with Gasteiger partial charge in [0.05, 0.1) is 11.4 Å². The van der Waals surface area contributed by atoms with E-state index in [1.807, 2.05) is 103 Å². The Hall–Kier alpha value is -3.66. The molecule has 4 nitrogen and oxygen atoms in total. The first-order valence-electron chi connectivity index (χ1n) is 9.25. The number of nitrogens with one attached hydrogen (secondary N) is 1. The molecule has 4 heteroatoms. The van der Waals surface area contributed by atoms with E-state index in [0.717, 1.165) is 28.1 Å². The van der Waals surface area contributed by atoms with Gasteiger partial charge in [-0.1, -0.05) is 66.7 Å². The maximum atomic E-state index is 12.6. The van der Waals surface area contributed by atoms with E-state index in [4.69, 9.17) is 5.10 Å². The topological polar surface area (TPSA) is 46.9 Å². The molecule has 28 heavy (non-hydrogen) atoms. The summed E-state index contributed by atoms with van der Waals surface area (Å²) < 4.78 is 1.86. The fraction of sp³-hybridized carbons (Fsp3) is 0.0833. The summed E-state index contributed by atoms with van der Waals surface area (Å²) in [5.41, 5.74) is 5.50. The Labute approximate surface area is 164 Å². The van der Waals surface area contributed by atoms with Crippen molar-refractivity contribution >= 4 is 5.91 Å². The molecule has 4 aromatic rings. The lowest BCUT2D eigenvalue weighted by Gasteiger charge is -2.07. The number of carbonyl (C=O) groups excluding carboxylic acids is 1. The van der Waals surface area contributed by atoms with Crippen molar-refractivity contribution in [2.75, 3.05) is 0 Å². The maximum absolute atomic E-state index is 12.6. The standard InChI is InChI=1S/C24H21N3O/c1-18-10-8-9-15-22(18)24(28)25-16-20-17-27(21-13-6-3-7-14-21)26-23(20)19-11-4-2-5-12-19/h2-15,17H,16H2,1H3,(H,25,28). The number of rotatable bonds is 5. The number of benzene rings is 3. The van der Waals surface area contributed by atoms with Gasteiger partial charge in [-0.05, 0) is 30.7 Å². The van der Waals surface area contributed by atoms with E-state index >= 15 is 0 Å². The lowest BCUT2D eigenvalue weighted by molar-refractivity contribution is 0.0950. The van der Waals surface area contributed by atoms with E-state index in [1.165, 1.54) is 0 Å². The molecule has 0 spiro atoms. The molecule has 1 aromatic heterocycles. The molecule has 1 N–H and O–H groups in total. The van der Waals surface area contributed by atoms with E-state index in [-0.39, 0.29) is 5.91 Å². The van der Waals surface area contributed by atoms with Crippen molar-refractivity contribution in [3.63, 3.8) is 0 Å². The summed E-state index contributed by atoms with van der Waals surface area (Å²) in [5, 5.41) is 7.82. The molecule has 1 amide bonds. The first kappa shape index (κ1) is 17.7. The first-order chi connectivity index (χ1) is 13.7. The number of hydrogen-bond acceptors (Lipinski definition) is 2. The minimum Gasteiger partial charge on any atom is -0.348 e. The summed E-state index contributed by atoms with van der Waals surface area (Å²) in [6.07, 6.45) is 1.98. The number of hydrogen-bond donors (Lipinski definition) is 1. The molecule has 0 unspecified atom stereocenters. The summed E-state index contributed by atoms with van der Waals surface area (Å²) in [7, 11) is 0. The van der Waals surface area contributed by atoms with Gasteiger partial charge in [-0.15, -0.1) is 0 Å². The lowest BCUT2D eigenvalue weighted by atomic mass is 10.1. The van der Waals surface area contributed by atoms with Gasteiger partial charge < -0.3 is 5.32 Å². The zero-order valence-corrected chi connectivity index (χ0v) is 15.7. The van der Waals surface area contributed by atoms with Crippen molar-refractivity contribution in [2.45, 2.75) is 13.5 Å². The number of amides is 1. The van der Waals surface area contributed by atoms with Gasteiger partial charge in [0.25, 0.3) is 5.91 Å². The van der Waals surface area contributed by atoms with E-state index < -0.39 is 0 Å². The van der Waals surface area contributed by atoms with Crippen LogP contribution >= 0.6 is 0 Å². The van der Waals surface area contributed by atoms with Crippen LogP contribution in [0.3, 0.4) is 0 Å². The quantitative estimate of drug-likeness (QED) is 0.552. The molecule has 0 aliphatic heterocycles. The van der Waals surface area contributed by atoms with Crippen molar-refractivity contribution in [1.82, 2.24) is 15.1 Å². The first-order valence-corrected chi connectivity index (χ1v) is 9.25. The number of aromatic nitrogens is 2. The third-order valence-electron chi connectivity index (χ3n) is 4.69. The average molecular weight is 367 g/mol. The molecule has 3 aromatic carbocycles. The molecule has 138 valence electrons. The largest absolute Gasteiger partial charge is 0.348 e. The van der Waals surface area contributed by atoms with Crippen LogP contribution in [0.15, 0.2) is 91.1 Å². The van der Waals surface area contributed by atoms with Crippen LogP contribution in [0.4, 0.5) is 0 Å². The van der Waals surface area contributed by atoms with E-state index in [0.29, 0.717) is 12.1 Å². The number of aryl methyl sites for hydroxylation is 1. The van der Waals surface area contributed by atoms with Crippen LogP contribution in [0.1, 0.15) is 21.5 Å². The minimum atomic E-state index is -0.0791. The van der Waals surface area contributed by atoms with Gasteiger partial charge >= 0.3 is 0 Å². The van der Waals surface area contributed by atoms with Gasteiger partial charge in [0, 0.05) is 29.4 Å². The molecular weight excluding hydrogens is 346 g/mol. The fourth-order valence-electron chi connectivity index (χ4n) is 3.19. The fourth-order valence-corrected chi connectivity index (χ4v) is 3.19. The SMILES string of the molecule is Cc1ccccc1C(=O)NCc1cn(-c2ccccc2)nc1-c1ccccc1. The van der Waals surface area contributed by atoms with Gasteiger partial charge in [-0.25, -0.2) is 4.68 Å². The lowest BCUT2D eigenvalue weighted by Crippen LogP contribution is -2.23. The second kappa shape index (κ2) is 7.92. The molecule has 0 aliphatic carbocycles. The molecule has 1 heterocycles. The molecule has 0 radical (unpaired) electrons. The van der Waals surface area contributed by atoms with Gasteiger partial charge in [-0.3, -0.25) is 4.79 Å². The Kier molecular flexibility index (Phi) is 5.02. The highest BCUT2D eigenvalue weighted by Crippen LogP contribution is 2.23. The Morgan fingerprint density at radius 2 is 1.54 bits per heavy atom. The predicted molar refractivity (Wildman–Crippen MR) is 111 cm³/mol. The van der Waals surface area contributed by atoms with Crippen LogP contribution in [0.2, 0.25) is 0 Å². The van der Waals surface area contributed by atoms with Crippen LogP contribution in [-0.2, 0) is 6.54 Å². The van der Waals surface area contributed by atoms with Crippen LogP contribution in [0.5, 0.6) is 0 Å². The van der Waals surface area contributed by atoms with E-state index in [2.05, 4.69) is 5.32 Å². The highest BCUT2D eigenvalue weighted by Gasteiger charge is 2.14. The zero-order valence-electron chi connectivity index (χ0n) is 15.7. The normalized spacial score (nSPS) is 10.6. The minimum absolute atomic E-state index is 0.0791. The van der Waals surface area contributed by atoms with Gasteiger partial charge in [0.2, 0.25) is 0 Å². The van der Waals surface area contributed by atoms with Crippen molar-refractivity contribution < 1.29 is 4.79 Å². The maximum Gasteiger partial charge on any atom is 0.251 e. The molecule has 0 saturated carbocycles. The summed E-state index contributed by atoms with van der Waals surface area (Å²) in [4.78, 5) is 12.6. The molecule has 0 saturated heterocycles. The Morgan fingerprint density at radius 1 is 0.893 bits per heavy atom. The van der Waals surface area contributed by atoms with Crippen LogP contribution in [0, 0.1) is 6.92 Å². The molecule has 0 atom stereocenters. The number of nitrogens with zero attached hydrogens (tertiary/aromatic N) is 2. The van der Waals surface area contributed by atoms with Crippen LogP contribution < -0.4 is 5.32 Å². The van der Waals surface area contributed by atoms with Crippen molar-refractivity contribution in [1.29, 1.82) is 0 Å². The Bertz CT molecular complexity index is 1090. The summed E-state index contributed by atoms with van der Waals surface area (Å²) >= 11 is 0. The van der Waals surface area contributed by atoms with E-state index in [1.54, 1.807) is 0 Å². The van der Waals surface area contributed by atoms with Crippen molar-refractivity contribution in [2.24, 2.45) is 0 Å². The van der Waals surface area contributed by atoms with E-state index in [9.17, 15) is 4.79 Å². The summed E-state index contributed by atoms with van der Waals surface area (Å²) in [6, 6.07) is 27.6. The van der Waals surface area contributed by atoms with Gasteiger partial charge in [0.15, 0.2) is 0 Å². The molecular formula is C24H21N3O. The summed E-state index contributed by atoms with van der Waals surface area (Å²) in [5.74, 6) is -0.0791. The third-order valence-corrected chi connectivity index (χ3v) is 4.69. The van der Waals surface area contributed by atoms with Gasteiger partial charge in [0.1, 0.15) is 0 Å². The van der Waals surface area contributed by atoms with Gasteiger partial charge in [-0.2, -0.15) is 5.10 Å². The number of carbonyl (C=O) groups is 1. The highest BCUT2D eigenvalue weighted by atomic mass is 16.1. The molecule has 0 fully saturated rings. The Balaban J connectivity index is 1.64. The van der Waals surface area contributed by atoms with Crippen LogP contribution in [0.25, 0.3) is 16.9 Å². The third kappa shape index (κ3) is 3.71. The predicted octanol–water partition coefficient (Wildman–Crippen LogP) is 4.78. The highest BCUT2D eigenvalue weighted by molar-refractivity contribution is 5.95. The van der Waals surface area contributed by atoms with Crippen LogP contribution in [-0.4, -0.2) is 15.7 Å². The molecule has 0 bridgehead atoms. The Morgan fingerprint density at radius 3 is 2.25 bits per heavy atom. The summed E-state index contributed by atoms with van der Waals surface area (Å²) in [6.45, 7) is 2.35. The zero-order chi connectivity index (χ0) is 19.3. The molecule has 4 rings (SSSR count).